The number of hydrogen-bond acceptors (Lipinski definition) is 3. The van der Waals surface area contributed by atoms with Crippen LogP contribution in [0.15, 0.2) is 24.3 Å². The van der Waals surface area contributed by atoms with Crippen LogP contribution >= 0.6 is 0 Å². The van der Waals surface area contributed by atoms with E-state index in [1.807, 2.05) is 12.1 Å². The van der Waals surface area contributed by atoms with Gasteiger partial charge in [-0.3, -0.25) is 4.79 Å². The normalized spacial score (nSPS) is 11.7. The van der Waals surface area contributed by atoms with E-state index in [-0.39, 0.29) is 0 Å². The summed E-state index contributed by atoms with van der Waals surface area (Å²) < 4.78 is 0. The SMILES string of the molecule is N#Cc1cccc(C[C@@H](N)[C]=O)c1. The van der Waals surface area contributed by atoms with Gasteiger partial charge in [0.15, 0.2) is 0 Å². The van der Waals surface area contributed by atoms with E-state index in [1.165, 1.54) is 0 Å². The van der Waals surface area contributed by atoms with E-state index in [4.69, 9.17) is 11.0 Å². The third kappa shape index (κ3) is 2.69. The molecular formula is C10H9N2O. The molecule has 0 aliphatic carbocycles. The molecule has 0 aromatic heterocycles. The summed E-state index contributed by atoms with van der Waals surface area (Å²) in [5.74, 6) is 0. The highest BCUT2D eigenvalue weighted by molar-refractivity contribution is 5.58. The summed E-state index contributed by atoms with van der Waals surface area (Å²) in [5, 5.41) is 8.59. The molecule has 1 radical (unpaired) electrons. The summed E-state index contributed by atoms with van der Waals surface area (Å²) in [6.07, 6.45) is 2.13. The smallest absolute Gasteiger partial charge is 0.217 e. The molecule has 1 aromatic rings. The highest BCUT2D eigenvalue weighted by atomic mass is 16.1. The Bertz CT molecular complexity index is 341. The van der Waals surface area contributed by atoms with Gasteiger partial charge in [0.25, 0.3) is 0 Å². The lowest BCUT2D eigenvalue weighted by atomic mass is 10.1. The molecule has 3 nitrogen and oxygen atoms in total. The molecule has 65 valence electrons. The van der Waals surface area contributed by atoms with E-state index < -0.39 is 6.04 Å². The van der Waals surface area contributed by atoms with Crippen LogP contribution in [0.25, 0.3) is 0 Å². The largest absolute Gasteiger partial charge is 0.321 e. The van der Waals surface area contributed by atoms with Crippen LogP contribution in [0.5, 0.6) is 0 Å². The zero-order valence-electron chi connectivity index (χ0n) is 7.03. The fourth-order valence-electron chi connectivity index (χ4n) is 1.06. The van der Waals surface area contributed by atoms with Gasteiger partial charge in [0.2, 0.25) is 6.29 Å². The number of hydrogen-bond donors (Lipinski definition) is 1. The third-order valence-electron chi connectivity index (χ3n) is 1.66. The van der Waals surface area contributed by atoms with E-state index in [1.54, 1.807) is 24.5 Å². The van der Waals surface area contributed by atoms with Gasteiger partial charge in [-0.25, -0.2) is 0 Å². The van der Waals surface area contributed by atoms with Gasteiger partial charge in [0, 0.05) is 0 Å². The van der Waals surface area contributed by atoms with Crippen LogP contribution in [0.1, 0.15) is 11.1 Å². The van der Waals surface area contributed by atoms with Crippen molar-refractivity contribution in [3.8, 4) is 6.07 Å². The maximum absolute atomic E-state index is 10.1. The Morgan fingerprint density at radius 3 is 2.92 bits per heavy atom. The second kappa shape index (κ2) is 4.39. The van der Waals surface area contributed by atoms with Gasteiger partial charge in [-0.2, -0.15) is 5.26 Å². The van der Waals surface area contributed by atoms with Gasteiger partial charge in [-0.05, 0) is 24.1 Å². The van der Waals surface area contributed by atoms with E-state index in [0.717, 1.165) is 5.56 Å². The lowest BCUT2D eigenvalue weighted by molar-refractivity contribution is 0.541. The van der Waals surface area contributed by atoms with Gasteiger partial charge in [-0.15, -0.1) is 0 Å². The minimum Gasteiger partial charge on any atom is -0.321 e. The molecule has 0 amide bonds. The van der Waals surface area contributed by atoms with Gasteiger partial charge in [0.1, 0.15) is 0 Å². The summed E-state index contributed by atoms with van der Waals surface area (Å²) in [6.45, 7) is 0. The topological polar surface area (TPSA) is 66.9 Å². The molecule has 0 aliphatic heterocycles. The number of nitriles is 1. The van der Waals surface area contributed by atoms with Crippen molar-refractivity contribution in [1.82, 2.24) is 0 Å². The molecule has 0 saturated carbocycles. The van der Waals surface area contributed by atoms with Gasteiger partial charge >= 0.3 is 0 Å². The Hall–Kier alpha value is -1.66. The molecule has 1 rings (SSSR count). The van der Waals surface area contributed by atoms with E-state index in [0.29, 0.717) is 12.0 Å². The monoisotopic (exact) mass is 173 g/mol. The molecular weight excluding hydrogens is 164 g/mol. The molecule has 0 aliphatic rings. The maximum Gasteiger partial charge on any atom is 0.217 e. The maximum atomic E-state index is 10.1. The summed E-state index contributed by atoms with van der Waals surface area (Å²) in [4.78, 5) is 10.1. The summed E-state index contributed by atoms with van der Waals surface area (Å²) in [7, 11) is 0. The lowest BCUT2D eigenvalue weighted by Crippen LogP contribution is -2.23. The van der Waals surface area contributed by atoms with Crippen molar-refractivity contribution in [2.75, 3.05) is 0 Å². The van der Waals surface area contributed by atoms with E-state index in [2.05, 4.69) is 0 Å². The van der Waals surface area contributed by atoms with E-state index >= 15 is 0 Å². The Labute approximate surface area is 76.8 Å². The van der Waals surface area contributed by atoms with Gasteiger partial charge in [-0.1, -0.05) is 12.1 Å². The van der Waals surface area contributed by atoms with Crippen LogP contribution in [0, 0.1) is 11.3 Å². The Morgan fingerprint density at radius 1 is 1.54 bits per heavy atom. The summed E-state index contributed by atoms with van der Waals surface area (Å²) >= 11 is 0. The number of nitrogens with two attached hydrogens (primary N) is 1. The predicted octanol–water partition coefficient (Wildman–Crippen LogP) is 0.538. The summed E-state index contributed by atoms with van der Waals surface area (Å²) in [6, 6.07) is 8.44. The fraction of sp³-hybridized carbons (Fsp3) is 0.200. The number of nitrogens with zero attached hydrogens (tertiary/aromatic N) is 1. The number of benzene rings is 1. The van der Waals surface area contributed by atoms with Crippen LogP contribution in [0.3, 0.4) is 0 Å². The average molecular weight is 173 g/mol. The second-order valence-electron chi connectivity index (χ2n) is 2.74. The van der Waals surface area contributed by atoms with Crippen molar-refractivity contribution in [2.45, 2.75) is 12.5 Å². The highest BCUT2D eigenvalue weighted by Crippen LogP contribution is 2.05. The van der Waals surface area contributed by atoms with Crippen molar-refractivity contribution in [3.63, 3.8) is 0 Å². The van der Waals surface area contributed by atoms with Crippen LogP contribution in [-0.4, -0.2) is 12.3 Å². The zero-order valence-corrected chi connectivity index (χ0v) is 7.03. The Kier molecular flexibility index (Phi) is 3.18. The molecule has 1 aromatic carbocycles. The first-order valence-electron chi connectivity index (χ1n) is 3.88. The van der Waals surface area contributed by atoms with Crippen LogP contribution < -0.4 is 5.73 Å². The quantitative estimate of drug-likeness (QED) is 0.725. The van der Waals surface area contributed by atoms with Gasteiger partial charge in [0.05, 0.1) is 17.7 Å². The molecule has 0 unspecified atom stereocenters. The minimum atomic E-state index is -0.603. The molecule has 1 atom stereocenters. The molecule has 0 heterocycles. The van der Waals surface area contributed by atoms with Crippen molar-refractivity contribution < 1.29 is 4.79 Å². The van der Waals surface area contributed by atoms with Crippen LogP contribution in [0.4, 0.5) is 0 Å². The van der Waals surface area contributed by atoms with E-state index in [9.17, 15) is 4.79 Å². The molecule has 0 fully saturated rings. The number of rotatable bonds is 3. The average Bonchev–Trinajstić information content (AvgIpc) is 2.18. The number of carbonyl (C=O) groups excluding carboxylic acids is 1. The molecule has 2 N–H and O–H groups in total. The molecule has 0 bridgehead atoms. The van der Waals surface area contributed by atoms with Crippen molar-refractivity contribution in [1.29, 1.82) is 5.26 Å². The third-order valence-corrected chi connectivity index (χ3v) is 1.66. The van der Waals surface area contributed by atoms with Crippen molar-refractivity contribution in [2.24, 2.45) is 5.73 Å². The predicted molar refractivity (Wildman–Crippen MR) is 48.5 cm³/mol. The highest BCUT2D eigenvalue weighted by Gasteiger charge is 2.03. The van der Waals surface area contributed by atoms with Crippen molar-refractivity contribution in [3.05, 3.63) is 35.4 Å². The van der Waals surface area contributed by atoms with Crippen molar-refractivity contribution >= 4 is 6.29 Å². The molecule has 0 spiro atoms. The first-order chi connectivity index (χ1) is 6.26. The van der Waals surface area contributed by atoms with Crippen LogP contribution in [-0.2, 0) is 11.2 Å². The minimum absolute atomic E-state index is 0.430. The molecule has 13 heavy (non-hydrogen) atoms. The Morgan fingerprint density at radius 2 is 2.31 bits per heavy atom. The zero-order chi connectivity index (χ0) is 9.68. The Balaban J connectivity index is 2.78. The van der Waals surface area contributed by atoms with Crippen LogP contribution in [0.2, 0.25) is 0 Å². The lowest BCUT2D eigenvalue weighted by Gasteiger charge is -2.02. The second-order valence-corrected chi connectivity index (χ2v) is 2.74. The first kappa shape index (κ1) is 9.43. The molecule has 0 saturated heterocycles. The standard InChI is InChI=1S/C10H9N2O/c11-6-9-3-1-2-8(4-9)5-10(12)7-13/h1-4,10H,5,12H2/t10-/m1/s1. The first-order valence-corrected chi connectivity index (χ1v) is 3.88. The fourth-order valence-corrected chi connectivity index (χ4v) is 1.06. The summed E-state index contributed by atoms with van der Waals surface area (Å²) in [5.41, 5.74) is 6.85. The van der Waals surface area contributed by atoms with Gasteiger partial charge < -0.3 is 5.73 Å². The molecule has 3 heteroatoms.